The molecule has 0 radical (unpaired) electrons. The third kappa shape index (κ3) is 9.56. The second-order valence-corrected chi connectivity index (χ2v) is 8.16. The Bertz CT molecular complexity index is 564. The van der Waals surface area contributed by atoms with Crippen LogP contribution in [0.4, 0.5) is 0 Å². The topological polar surface area (TPSA) is 54.9 Å². The zero-order valence-corrected chi connectivity index (χ0v) is 20.3. The Kier molecular flexibility index (Phi) is 12.0. The first-order valence-corrected chi connectivity index (χ1v) is 10.2. The molecule has 0 aliphatic carbocycles. The highest BCUT2D eigenvalue weighted by molar-refractivity contribution is 14.0. The summed E-state index contributed by atoms with van der Waals surface area (Å²) in [5.74, 6) is 0.854. The first kappa shape index (κ1) is 25.2. The molecule has 0 bridgehead atoms. The number of benzene rings is 1. The van der Waals surface area contributed by atoms with Crippen LogP contribution in [0.2, 0.25) is 0 Å². The number of halogens is 1. The highest BCUT2D eigenvalue weighted by atomic mass is 127. The van der Waals surface area contributed by atoms with Gasteiger partial charge < -0.3 is 20.1 Å². The fourth-order valence-electron chi connectivity index (χ4n) is 3.09. The van der Waals surface area contributed by atoms with Gasteiger partial charge in [-0.25, -0.2) is 0 Å². The van der Waals surface area contributed by atoms with E-state index in [1.54, 1.807) is 0 Å². The molecule has 2 N–H and O–H groups in total. The van der Waals surface area contributed by atoms with Gasteiger partial charge in [0, 0.05) is 40.0 Å². The molecule has 1 aliphatic heterocycles. The maximum absolute atomic E-state index is 5.89. The van der Waals surface area contributed by atoms with Gasteiger partial charge in [0.2, 0.25) is 0 Å². The molecule has 1 fully saturated rings. The minimum absolute atomic E-state index is 0. The van der Waals surface area contributed by atoms with Gasteiger partial charge in [-0.1, -0.05) is 45.0 Å². The average molecular weight is 503 g/mol. The molecule has 1 aromatic carbocycles. The number of hydrogen-bond donors (Lipinski definition) is 2. The van der Waals surface area contributed by atoms with Crippen molar-refractivity contribution in [1.29, 1.82) is 0 Å². The van der Waals surface area contributed by atoms with Crippen molar-refractivity contribution in [1.82, 2.24) is 10.6 Å². The first-order chi connectivity index (χ1) is 13.0. The van der Waals surface area contributed by atoms with Crippen LogP contribution in [0, 0.1) is 0 Å². The summed E-state index contributed by atoms with van der Waals surface area (Å²) in [6, 6.07) is 8.93. The van der Waals surface area contributed by atoms with Crippen LogP contribution in [0.1, 0.15) is 51.2 Å². The standard InChI is InChI=1S/C22H37N3O2.HI/c1-22(2,3)19-8-6-18(7-9-19)10-14-25-21(23-4)24-13-5-15-27-20-11-16-26-17-12-20;/h6-9,20H,5,10-17H2,1-4H3,(H2,23,24,25);1H. The van der Waals surface area contributed by atoms with Crippen molar-refractivity contribution < 1.29 is 9.47 Å². The molecule has 0 saturated carbocycles. The molecule has 1 saturated heterocycles. The lowest BCUT2D eigenvalue weighted by Gasteiger charge is -2.22. The third-order valence-corrected chi connectivity index (χ3v) is 4.89. The van der Waals surface area contributed by atoms with Crippen molar-refractivity contribution in [3.8, 4) is 0 Å². The van der Waals surface area contributed by atoms with Gasteiger partial charge in [-0.2, -0.15) is 0 Å². The molecule has 1 aliphatic rings. The maximum atomic E-state index is 5.89. The van der Waals surface area contributed by atoms with E-state index in [1.165, 1.54) is 11.1 Å². The summed E-state index contributed by atoms with van der Waals surface area (Å²) in [6.45, 7) is 10.9. The molecule has 0 spiro atoms. The number of guanidine groups is 1. The van der Waals surface area contributed by atoms with Gasteiger partial charge in [-0.05, 0) is 42.2 Å². The molecular weight excluding hydrogens is 465 g/mol. The molecule has 0 unspecified atom stereocenters. The Balaban J connectivity index is 0.00000392. The van der Waals surface area contributed by atoms with Crippen LogP contribution in [-0.4, -0.2) is 52.0 Å². The van der Waals surface area contributed by atoms with Crippen LogP contribution in [0.3, 0.4) is 0 Å². The molecule has 0 aromatic heterocycles. The lowest BCUT2D eigenvalue weighted by atomic mass is 9.86. The molecule has 0 amide bonds. The molecule has 5 nitrogen and oxygen atoms in total. The summed E-state index contributed by atoms with van der Waals surface area (Å²) < 4.78 is 11.2. The highest BCUT2D eigenvalue weighted by Gasteiger charge is 2.14. The van der Waals surface area contributed by atoms with E-state index < -0.39 is 0 Å². The van der Waals surface area contributed by atoms with Gasteiger partial charge >= 0.3 is 0 Å². The fourth-order valence-corrected chi connectivity index (χ4v) is 3.09. The van der Waals surface area contributed by atoms with Crippen LogP contribution in [0.15, 0.2) is 29.3 Å². The van der Waals surface area contributed by atoms with Gasteiger partial charge in [0.05, 0.1) is 6.10 Å². The van der Waals surface area contributed by atoms with E-state index >= 15 is 0 Å². The van der Waals surface area contributed by atoms with E-state index in [4.69, 9.17) is 9.47 Å². The second kappa shape index (κ2) is 13.4. The Labute approximate surface area is 188 Å². The fraction of sp³-hybridized carbons (Fsp3) is 0.682. The monoisotopic (exact) mass is 503 g/mol. The number of nitrogens with one attached hydrogen (secondary N) is 2. The van der Waals surface area contributed by atoms with Gasteiger partial charge in [0.25, 0.3) is 0 Å². The summed E-state index contributed by atoms with van der Waals surface area (Å²) in [7, 11) is 1.81. The van der Waals surface area contributed by atoms with Crippen LogP contribution in [-0.2, 0) is 21.3 Å². The minimum atomic E-state index is 0. The predicted molar refractivity (Wildman–Crippen MR) is 128 cm³/mol. The Hall–Kier alpha value is -0.860. The first-order valence-electron chi connectivity index (χ1n) is 10.2. The summed E-state index contributed by atoms with van der Waals surface area (Å²) in [6.07, 6.45) is 4.38. The van der Waals surface area contributed by atoms with E-state index in [0.717, 1.165) is 64.6 Å². The van der Waals surface area contributed by atoms with E-state index in [1.807, 2.05) is 7.05 Å². The smallest absolute Gasteiger partial charge is 0.190 e. The Morgan fingerprint density at radius 1 is 1.11 bits per heavy atom. The Morgan fingerprint density at radius 2 is 1.75 bits per heavy atom. The van der Waals surface area contributed by atoms with Gasteiger partial charge in [0.1, 0.15) is 0 Å². The largest absolute Gasteiger partial charge is 0.381 e. The third-order valence-electron chi connectivity index (χ3n) is 4.89. The van der Waals surface area contributed by atoms with Crippen molar-refractivity contribution in [2.45, 2.75) is 58.0 Å². The van der Waals surface area contributed by atoms with Gasteiger partial charge in [0.15, 0.2) is 5.96 Å². The zero-order chi connectivity index (χ0) is 19.5. The van der Waals surface area contributed by atoms with E-state index in [2.05, 4.69) is 60.7 Å². The van der Waals surface area contributed by atoms with Crippen LogP contribution < -0.4 is 10.6 Å². The molecule has 1 aromatic rings. The maximum Gasteiger partial charge on any atom is 0.190 e. The molecule has 2 rings (SSSR count). The van der Waals surface area contributed by atoms with Crippen molar-refractivity contribution in [2.75, 3.05) is 40.0 Å². The Morgan fingerprint density at radius 3 is 2.36 bits per heavy atom. The zero-order valence-electron chi connectivity index (χ0n) is 17.9. The molecule has 160 valence electrons. The number of aliphatic imine (C=N–C) groups is 1. The average Bonchev–Trinajstić information content (AvgIpc) is 2.67. The quantitative estimate of drug-likeness (QED) is 0.245. The summed E-state index contributed by atoms with van der Waals surface area (Å²) in [5, 5.41) is 6.74. The van der Waals surface area contributed by atoms with Crippen LogP contribution in [0.5, 0.6) is 0 Å². The van der Waals surface area contributed by atoms with Gasteiger partial charge in [-0.15, -0.1) is 24.0 Å². The molecule has 0 atom stereocenters. The van der Waals surface area contributed by atoms with Crippen molar-refractivity contribution >= 4 is 29.9 Å². The van der Waals surface area contributed by atoms with Gasteiger partial charge in [-0.3, -0.25) is 4.99 Å². The van der Waals surface area contributed by atoms with E-state index in [9.17, 15) is 0 Å². The van der Waals surface area contributed by atoms with E-state index in [-0.39, 0.29) is 29.4 Å². The predicted octanol–water partition coefficient (Wildman–Crippen LogP) is 3.90. The SMILES string of the molecule is CN=C(NCCCOC1CCOCC1)NCCc1ccc(C(C)(C)C)cc1.I. The van der Waals surface area contributed by atoms with Crippen molar-refractivity contribution in [2.24, 2.45) is 4.99 Å². The molecular formula is C22H38IN3O2. The van der Waals surface area contributed by atoms with Crippen LogP contribution in [0.25, 0.3) is 0 Å². The van der Waals surface area contributed by atoms with Crippen molar-refractivity contribution in [3.63, 3.8) is 0 Å². The number of rotatable bonds is 8. The highest BCUT2D eigenvalue weighted by Crippen LogP contribution is 2.22. The second-order valence-electron chi connectivity index (χ2n) is 8.16. The normalized spacial score (nSPS) is 15.8. The van der Waals surface area contributed by atoms with E-state index in [0.29, 0.717) is 6.10 Å². The lowest BCUT2D eigenvalue weighted by molar-refractivity contribution is -0.0320. The molecule has 6 heteroatoms. The van der Waals surface area contributed by atoms with Crippen LogP contribution >= 0.6 is 24.0 Å². The van der Waals surface area contributed by atoms with Crippen molar-refractivity contribution in [3.05, 3.63) is 35.4 Å². The summed E-state index contributed by atoms with van der Waals surface area (Å²) in [5.41, 5.74) is 2.92. The summed E-state index contributed by atoms with van der Waals surface area (Å²) >= 11 is 0. The number of nitrogens with zero attached hydrogens (tertiary/aromatic N) is 1. The molecule has 1 heterocycles. The number of ether oxygens (including phenoxy) is 2. The summed E-state index contributed by atoms with van der Waals surface area (Å²) in [4.78, 5) is 4.29. The minimum Gasteiger partial charge on any atom is -0.381 e. The number of hydrogen-bond acceptors (Lipinski definition) is 3. The lowest BCUT2D eigenvalue weighted by Crippen LogP contribution is -2.39. The molecule has 28 heavy (non-hydrogen) atoms.